The quantitative estimate of drug-likeness (QED) is 0.909. The van der Waals surface area contributed by atoms with Gasteiger partial charge in [0, 0.05) is 23.8 Å². The summed E-state index contributed by atoms with van der Waals surface area (Å²) < 4.78 is 0. The Labute approximate surface area is 115 Å². The molecule has 0 spiro atoms. The molecule has 18 heavy (non-hydrogen) atoms. The van der Waals surface area contributed by atoms with Crippen molar-refractivity contribution in [3.63, 3.8) is 0 Å². The Morgan fingerprint density at radius 2 is 1.94 bits per heavy atom. The van der Waals surface area contributed by atoms with Gasteiger partial charge in [-0.2, -0.15) is 0 Å². The van der Waals surface area contributed by atoms with E-state index < -0.39 is 0 Å². The fourth-order valence-corrected chi connectivity index (χ4v) is 3.22. The topological polar surface area (TPSA) is 29.3 Å². The van der Waals surface area contributed by atoms with Crippen LogP contribution in [0, 0.1) is 11.8 Å². The lowest BCUT2D eigenvalue weighted by molar-refractivity contribution is 0.356. The molecule has 0 aliphatic carbocycles. The Balaban J connectivity index is 2.27. The number of nitrogens with two attached hydrogens (primary N) is 1. The molecule has 1 fully saturated rings. The van der Waals surface area contributed by atoms with Gasteiger partial charge in [-0.3, -0.25) is 0 Å². The first-order chi connectivity index (χ1) is 8.60. The lowest BCUT2D eigenvalue weighted by Crippen LogP contribution is -2.39. The minimum atomic E-state index is 0.688. The van der Waals surface area contributed by atoms with Gasteiger partial charge in [0.2, 0.25) is 0 Å². The molecule has 1 aliphatic heterocycles. The van der Waals surface area contributed by atoms with E-state index in [9.17, 15) is 0 Å². The third-order valence-corrected chi connectivity index (χ3v) is 3.91. The maximum absolute atomic E-state index is 6.15. The maximum Gasteiger partial charge on any atom is 0.0426 e. The van der Waals surface area contributed by atoms with Crippen molar-refractivity contribution in [3.05, 3.63) is 28.8 Å². The number of halogens is 1. The van der Waals surface area contributed by atoms with Gasteiger partial charge in [-0.1, -0.05) is 31.5 Å². The van der Waals surface area contributed by atoms with Gasteiger partial charge in [0.15, 0.2) is 0 Å². The van der Waals surface area contributed by atoms with Gasteiger partial charge in [-0.25, -0.2) is 0 Å². The zero-order chi connectivity index (χ0) is 13.1. The van der Waals surface area contributed by atoms with Crippen molar-refractivity contribution < 1.29 is 0 Å². The van der Waals surface area contributed by atoms with Crippen LogP contribution < -0.4 is 10.6 Å². The Morgan fingerprint density at radius 1 is 1.28 bits per heavy atom. The molecule has 0 aromatic heterocycles. The highest BCUT2D eigenvalue weighted by Crippen LogP contribution is 2.31. The highest BCUT2D eigenvalue weighted by Gasteiger charge is 2.23. The average molecular weight is 267 g/mol. The summed E-state index contributed by atoms with van der Waals surface area (Å²) in [5, 5.41) is 0.816. The highest BCUT2D eigenvalue weighted by atomic mass is 35.5. The van der Waals surface area contributed by atoms with Gasteiger partial charge < -0.3 is 10.6 Å². The predicted molar refractivity (Wildman–Crippen MR) is 79.4 cm³/mol. The third-order valence-electron chi connectivity index (χ3n) is 3.67. The van der Waals surface area contributed by atoms with E-state index in [0.29, 0.717) is 6.54 Å². The largest absolute Gasteiger partial charge is 0.371 e. The molecule has 1 aromatic carbocycles. The normalized spacial score (nSPS) is 24.3. The standard InChI is InChI=1S/C15H23ClN2/c1-11-7-12(2)10-18(9-11)15-8-14(16)4-3-13(15)5-6-17/h3-4,8,11-12H,5-7,9-10,17H2,1-2H3. The van der Waals surface area contributed by atoms with Crippen molar-refractivity contribution in [3.8, 4) is 0 Å². The minimum absolute atomic E-state index is 0.688. The zero-order valence-electron chi connectivity index (χ0n) is 11.3. The molecule has 2 nitrogen and oxygen atoms in total. The predicted octanol–water partition coefficient (Wildman–Crippen LogP) is 3.32. The van der Waals surface area contributed by atoms with E-state index in [4.69, 9.17) is 17.3 Å². The Bertz CT molecular complexity index is 395. The fourth-order valence-electron chi connectivity index (χ4n) is 3.06. The van der Waals surface area contributed by atoms with Crippen molar-refractivity contribution in [2.75, 3.05) is 24.5 Å². The van der Waals surface area contributed by atoms with Crippen molar-refractivity contribution in [2.24, 2.45) is 17.6 Å². The van der Waals surface area contributed by atoms with Crippen molar-refractivity contribution in [1.29, 1.82) is 0 Å². The van der Waals surface area contributed by atoms with E-state index in [0.717, 1.165) is 36.4 Å². The van der Waals surface area contributed by atoms with E-state index in [-0.39, 0.29) is 0 Å². The molecule has 2 unspecified atom stereocenters. The first-order valence-corrected chi connectivity index (χ1v) is 7.21. The van der Waals surface area contributed by atoms with Crippen molar-refractivity contribution in [1.82, 2.24) is 0 Å². The lowest BCUT2D eigenvalue weighted by Gasteiger charge is -2.37. The molecule has 1 heterocycles. The number of piperidine rings is 1. The van der Waals surface area contributed by atoms with Gasteiger partial charge in [-0.15, -0.1) is 0 Å². The fraction of sp³-hybridized carbons (Fsp3) is 0.600. The van der Waals surface area contributed by atoms with Crippen LogP contribution in [0.25, 0.3) is 0 Å². The Hall–Kier alpha value is -0.730. The molecule has 2 rings (SSSR count). The number of benzene rings is 1. The van der Waals surface area contributed by atoms with E-state index in [2.05, 4.69) is 30.9 Å². The summed E-state index contributed by atoms with van der Waals surface area (Å²) in [5.74, 6) is 1.50. The van der Waals surface area contributed by atoms with Crippen molar-refractivity contribution in [2.45, 2.75) is 26.7 Å². The van der Waals surface area contributed by atoms with Crippen LogP contribution in [0.3, 0.4) is 0 Å². The van der Waals surface area contributed by atoms with E-state index in [1.807, 2.05) is 6.07 Å². The second-order valence-corrected chi connectivity index (χ2v) is 6.10. The number of hydrogen-bond acceptors (Lipinski definition) is 2. The average Bonchev–Trinajstić information content (AvgIpc) is 2.30. The highest BCUT2D eigenvalue weighted by molar-refractivity contribution is 6.30. The number of hydrogen-bond donors (Lipinski definition) is 1. The van der Waals surface area contributed by atoms with Gasteiger partial charge >= 0.3 is 0 Å². The summed E-state index contributed by atoms with van der Waals surface area (Å²) in [5.41, 5.74) is 8.31. The molecule has 0 saturated carbocycles. The molecule has 100 valence electrons. The molecule has 1 aromatic rings. The van der Waals surface area contributed by atoms with Crippen LogP contribution in [0.15, 0.2) is 18.2 Å². The van der Waals surface area contributed by atoms with E-state index in [1.165, 1.54) is 17.7 Å². The van der Waals surface area contributed by atoms with Crippen LogP contribution in [0.4, 0.5) is 5.69 Å². The molecule has 0 bridgehead atoms. The molecule has 3 heteroatoms. The molecular weight excluding hydrogens is 244 g/mol. The van der Waals surface area contributed by atoms with Crippen molar-refractivity contribution >= 4 is 17.3 Å². The third kappa shape index (κ3) is 3.18. The molecular formula is C15H23ClN2. The van der Waals surface area contributed by atoms with Crippen LogP contribution >= 0.6 is 11.6 Å². The van der Waals surface area contributed by atoms with Crippen LogP contribution in [0.1, 0.15) is 25.8 Å². The Kier molecular flexibility index (Phi) is 4.52. The second-order valence-electron chi connectivity index (χ2n) is 5.66. The first kappa shape index (κ1) is 13.7. The van der Waals surface area contributed by atoms with Crippen LogP contribution in [0.5, 0.6) is 0 Å². The molecule has 1 saturated heterocycles. The van der Waals surface area contributed by atoms with Crippen LogP contribution in [-0.2, 0) is 6.42 Å². The van der Waals surface area contributed by atoms with Crippen LogP contribution in [0.2, 0.25) is 5.02 Å². The van der Waals surface area contributed by atoms with E-state index in [1.54, 1.807) is 0 Å². The molecule has 2 N–H and O–H groups in total. The summed E-state index contributed by atoms with van der Waals surface area (Å²) in [6.07, 6.45) is 2.25. The smallest absolute Gasteiger partial charge is 0.0426 e. The summed E-state index contributed by atoms with van der Waals surface area (Å²) in [7, 11) is 0. The lowest BCUT2D eigenvalue weighted by atomic mass is 9.91. The molecule has 0 radical (unpaired) electrons. The molecule has 0 amide bonds. The SMILES string of the molecule is CC1CC(C)CN(c2cc(Cl)ccc2CCN)C1. The minimum Gasteiger partial charge on any atom is -0.371 e. The Morgan fingerprint density at radius 3 is 2.56 bits per heavy atom. The second kappa shape index (κ2) is 5.94. The van der Waals surface area contributed by atoms with Gasteiger partial charge in [0.25, 0.3) is 0 Å². The van der Waals surface area contributed by atoms with Gasteiger partial charge in [0.05, 0.1) is 0 Å². The summed E-state index contributed by atoms with van der Waals surface area (Å²) in [6, 6.07) is 6.18. The monoisotopic (exact) mass is 266 g/mol. The van der Waals surface area contributed by atoms with Gasteiger partial charge in [0.1, 0.15) is 0 Å². The number of nitrogens with zero attached hydrogens (tertiary/aromatic N) is 1. The van der Waals surface area contributed by atoms with Crippen LogP contribution in [-0.4, -0.2) is 19.6 Å². The summed E-state index contributed by atoms with van der Waals surface area (Å²) in [6.45, 7) is 7.60. The molecule has 2 atom stereocenters. The number of rotatable bonds is 3. The summed E-state index contributed by atoms with van der Waals surface area (Å²) >= 11 is 6.15. The van der Waals surface area contributed by atoms with E-state index >= 15 is 0 Å². The maximum atomic E-state index is 6.15. The summed E-state index contributed by atoms with van der Waals surface area (Å²) in [4.78, 5) is 2.48. The zero-order valence-corrected chi connectivity index (χ0v) is 12.1. The van der Waals surface area contributed by atoms with Gasteiger partial charge in [-0.05, 0) is 48.9 Å². The first-order valence-electron chi connectivity index (χ1n) is 6.83. The number of anilines is 1. The molecule has 1 aliphatic rings.